The van der Waals surface area contributed by atoms with Gasteiger partial charge in [0, 0.05) is 24.7 Å². The van der Waals surface area contributed by atoms with Crippen molar-refractivity contribution in [2.24, 2.45) is 5.92 Å². The van der Waals surface area contributed by atoms with Crippen LogP contribution in [0.1, 0.15) is 24.8 Å². The van der Waals surface area contributed by atoms with E-state index in [1.54, 1.807) is 19.2 Å². The Bertz CT molecular complexity index is 946. The lowest BCUT2D eigenvalue weighted by Crippen LogP contribution is -2.45. The smallest absolute Gasteiger partial charge is 0.243 e. The SMILES string of the molecule is COc1ccc(CCCNC(=O)C2CCCN(S(=O)(=O)c3ccc(Cl)cc3)C2)cc1. The van der Waals surface area contributed by atoms with Gasteiger partial charge in [-0.05, 0) is 67.6 Å². The molecule has 1 amide bonds. The van der Waals surface area contributed by atoms with Crippen molar-refractivity contribution in [3.05, 3.63) is 59.1 Å². The molecule has 1 fully saturated rings. The van der Waals surface area contributed by atoms with Crippen molar-refractivity contribution >= 4 is 27.5 Å². The fourth-order valence-electron chi connectivity index (χ4n) is 3.57. The summed E-state index contributed by atoms with van der Waals surface area (Å²) in [5.41, 5.74) is 1.18. The van der Waals surface area contributed by atoms with E-state index in [9.17, 15) is 13.2 Å². The number of carbonyl (C=O) groups excluding carboxylic acids is 1. The van der Waals surface area contributed by atoms with Crippen LogP contribution in [0.25, 0.3) is 0 Å². The Morgan fingerprint density at radius 3 is 2.53 bits per heavy atom. The third-order valence-electron chi connectivity index (χ3n) is 5.31. The van der Waals surface area contributed by atoms with E-state index in [1.165, 1.54) is 22.0 Å². The summed E-state index contributed by atoms with van der Waals surface area (Å²) in [4.78, 5) is 12.8. The maximum absolute atomic E-state index is 12.9. The molecule has 1 atom stereocenters. The number of halogens is 1. The Morgan fingerprint density at radius 1 is 1.17 bits per heavy atom. The molecule has 162 valence electrons. The summed E-state index contributed by atoms with van der Waals surface area (Å²) >= 11 is 5.86. The van der Waals surface area contributed by atoms with Crippen LogP contribution in [0.5, 0.6) is 5.75 Å². The monoisotopic (exact) mass is 450 g/mol. The molecule has 1 unspecified atom stereocenters. The number of rotatable bonds is 8. The van der Waals surface area contributed by atoms with Crippen LogP contribution < -0.4 is 10.1 Å². The van der Waals surface area contributed by atoms with Crippen molar-refractivity contribution in [1.29, 1.82) is 0 Å². The minimum Gasteiger partial charge on any atom is -0.497 e. The highest BCUT2D eigenvalue weighted by atomic mass is 35.5. The zero-order valence-electron chi connectivity index (χ0n) is 17.0. The van der Waals surface area contributed by atoms with Crippen LogP contribution >= 0.6 is 11.6 Å². The molecular weight excluding hydrogens is 424 g/mol. The first-order chi connectivity index (χ1) is 14.4. The lowest BCUT2D eigenvalue weighted by atomic mass is 9.99. The van der Waals surface area contributed by atoms with E-state index in [1.807, 2.05) is 24.3 Å². The Balaban J connectivity index is 1.49. The molecule has 1 heterocycles. The average Bonchev–Trinajstić information content (AvgIpc) is 2.77. The zero-order chi connectivity index (χ0) is 21.6. The number of sulfonamides is 1. The largest absolute Gasteiger partial charge is 0.497 e. The van der Waals surface area contributed by atoms with E-state index < -0.39 is 10.0 Å². The highest BCUT2D eigenvalue weighted by Gasteiger charge is 2.33. The molecule has 30 heavy (non-hydrogen) atoms. The molecule has 8 heteroatoms. The zero-order valence-corrected chi connectivity index (χ0v) is 18.6. The molecule has 0 saturated carbocycles. The van der Waals surface area contributed by atoms with Gasteiger partial charge in [0.05, 0.1) is 17.9 Å². The summed E-state index contributed by atoms with van der Waals surface area (Å²) in [6, 6.07) is 14.0. The standard InChI is InChI=1S/C22H27ClN2O4S/c1-29-20-10-6-17(7-11-20)4-2-14-24-22(26)18-5-3-15-25(16-18)30(27,28)21-12-8-19(23)9-13-21/h6-13,18H,2-5,14-16H2,1H3,(H,24,26). The third kappa shape index (κ3) is 5.74. The van der Waals surface area contributed by atoms with Crippen molar-refractivity contribution in [2.45, 2.75) is 30.6 Å². The van der Waals surface area contributed by atoms with Crippen molar-refractivity contribution in [3.63, 3.8) is 0 Å². The molecule has 1 saturated heterocycles. The van der Waals surface area contributed by atoms with E-state index in [0.29, 0.717) is 31.0 Å². The minimum absolute atomic E-state index is 0.0827. The number of piperidine rings is 1. The molecule has 3 rings (SSSR count). The first kappa shape index (κ1) is 22.6. The van der Waals surface area contributed by atoms with Gasteiger partial charge < -0.3 is 10.1 Å². The van der Waals surface area contributed by atoms with Crippen molar-refractivity contribution in [2.75, 3.05) is 26.7 Å². The molecule has 0 spiro atoms. The number of hydrogen-bond donors (Lipinski definition) is 1. The Morgan fingerprint density at radius 2 is 1.87 bits per heavy atom. The van der Waals surface area contributed by atoms with Gasteiger partial charge in [-0.15, -0.1) is 0 Å². The fourth-order valence-corrected chi connectivity index (χ4v) is 5.22. The molecule has 0 bridgehead atoms. The summed E-state index contributed by atoms with van der Waals surface area (Å²) in [5, 5.41) is 3.45. The van der Waals surface area contributed by atoms with Gasteiger partial charge >= 0.3 is 0 Å². The van der Waals surface area contributed by atoms with E-state index in [0.717, 1.165) is 18.6 Å². The lowest BCUT2D eigenvalue weighted by Gasteiger charge is -2.31. The molecular formula is C22H27ClN2O4S. The van der Waals surface area contributed by atoms with Gasteiger partial charge in [-0.2, -0.15) is 4.31 Å². The van der Waals surface area contributed by atoms with Crippen molar-refractivity contribution in [1.82, 2.24) is 9.62 Å². The number of carbonyl (C=O) groups is 1. The summed E-state index contributed by atoms with van der Waals surface area (Å²) in [6.07, 6.45) is 3.03. The van der Waals surface area contributed by atoms with Crippen LogP contribution in [0.2, 0.25) is 5.02 Å². The second-order valence-corrected chi connectivity index (χ2v) is 9.77. The predicted molar refractivity (Wildman–Crippen MR) is 117 cm³/mol. The van der Waals surface area contributed by atoms with Crippen molar-refractivity contribution < 1.29 is 17.9 Å². The number of ether oxygens (including phenoxy) is 1. The van der Waals surface area contributed by atoms with Crippen LogP contribution in [0.15, 0.2) is 53.4 Å². The van der Waals surface area contributed by atoms with Crippen LogP contribution in [0.3, 0.4) is 0 Å². The molecule has 2 aromatic carbocycles. The summed E-state index contributed by atoms with van der Waals surface area (Å²) < 4.78 is 32.3. The molecule has 1 N–H and O–H groups in total. The number of nitrogens with zero attached hydrogens (tertiary/aromatic N) is 1. The second-order valence-electron chi connectivity index (χ2n) is 7.40. The molecule has 6 nitrogen and oxygen atoms in total. The maximum atomic E-state index is 12.9. The summed E-state index contributed by atoms with van der Waals surface area (Å²) in [5.74, 6) is 0.407. The summed E-state index contributed by atoms with van der Waals surface area (Å²) in [7, 11) is -1.99. The first-order valence-electron chi connectivity index (χ1n) is 10.1. The van der Waals surface area contributed by atoms with Crippen LogP contribution in [-0.4, -0.2) is 45.4 Å². The fraction of sp³-hybridized carbons (Fsp3) is 0.409. The molecule has 0 aliphatic carbocycles. The van der Waals surface area contributed by atoms with Gasteiger partial charge in [-0.3, -0.25) is 4.79 Å². The van der Waals surface area contributed by atoms with Crippen LogP contribution in [-0.2, 0) is 21.2 Å². The Hall–Kier alpha value is -2.09. The number of methoxy groups -OCH3 is 1. The molecule has 1 aliphatic rings. The van der Waals surface area contributed by atoms with Gasteiger partial charge in [0.25, 0.3) is 0 Å². The highest BCUT2D eigenvalue weighted by molar-refractivity contribution is 7.89. The maximum Gasteiger partial charge on any atom is 0.243 e. The van der Waals surface area contributed by atoms with Gasteiger partial charge in [0.1, 0.15) is 5.75 Å². The summed E-state index contributed by atoms with van der Waals surface area (Å²) in [6.45, 7) is 1.19. The van der Waals surface area contributed by atoms with Gasteiger partial charge in [-0.25, -0.2) is 8.42 Å². The van der Waals surface area contributed by atoms with E-state index in [2.05, 4.69) is 5.32 Å². The number of nitrogens with one attached hydrogen (secondary N) is 1. The predicted octanol–water partition coefficient (Wildman–Crippen LogP) is 3.50. The highest BCUT2D eigenvalue weighted by Crippen LogP contribution is 2.25. The molecule has 1 aliphatic heterocycles. The van der Waals surface area contributed by atoms with Crippen LogP contribution in [0.4, 0.5) is 0 Å². The number of amides is 1. The quantitative estimate of drug-likeness (QED) is 0.624. The minimum atomic E-state index is -3.63. The molecule has 2 aromatic rings. The Labute approximate surface area is 183 Å². The second kappa shape index (κ2) is 10.3. The third-order valence-corrected chi connectivity index (χ3v) is 7.44. The first-order valence-corrected chi connectivity index (χ1v) is 11.9. The van der Waals surface area contributed by atoms with E-state index in [4.69, 9.17) is 16.3 Å². The number of hydrogen-bond acceptors (Lipinski definition) is 4. The average molecular weight is 451 g/mol. The van der Waals surface area contributed by atoms with E-state index >= 15 is 0 Å². The number of benzene rings is 2. The Kier molecular flexibility index (Phi) is 7.75. The van der Waals surface area contributed by atoms with Crippen LogP contribution in [0, 0.1) is 5.92 Å². The number of aryl methyl sites for hydroxylation is 1. The van der Waals surface area contributed by atoms with Gasteiger partial charge in [-0.1, -0.05) is 23.7 Å². The van der Waals surface area contributed by atoms with Crippen molar-refractivity contribution in [3.8, 4) is 5.75 Å². The van der Waals surface area contributed by atoms with Gasteiger partial charge in [0.2, 0.25) is 15.9 Å². The topological polar surface area (TPSA) is 75.7 Å². The molecule has 0 radical (unpaired) electrons. The van der Waals surface area contributed by atoms with Gasteiger partial charge in [0.15, 0.2) is 0 Å². The lowest BCUT2D eigenvalue weighted by molar-refractivity contribution is -0.126. The van der Waals surface area contributed by atoms with E-state index in [-0.39, 0.29) is 23.3 Å². The molecule has 0 aromatic heterocycles. The normalized spacial score (nSPS) is 17.5.